The number of aliphatic hydroxyl groups is 1. The van der Waals surface area contributed by atoms with Gasteiger partial charge in [-0.05, 0) is 38.0 Å². The summed E-state index contributed by atoms with van der Waals surface area (Å²) in [6, 6.07) is -0.544. The van der Waals surface area contributed by atoms with Crippen molar-refractivity contribution in [3.63, 3.8) is 0 Å². The lowest BCUT2D eigenvalue weighted by Gasteiger charge is -2.43. The highest BCUT2D eigenvalue weighted by atomic mass is 32.2. The minimum atomic E-state index is -0.683. The second-order valence-corrected chi connectivity index (χ2v) is 12.0. The van der Waals surface area contributed by atoms with Gasteiger partial charge in [-0.3, -0.25) is 14.4 Å². The van der Waals surface area contributed by atoms with Gasteiger partial charge in [-0.25, -0.2) is 0 Å². The second kappa shape index (κ2) is 11.1. The van der Waals surface area contributed by atoms with Crippen molar-refractivity contribution in [2.45, 2.75) is 80.4 Å². The molecule has 7 nitrogen and oxygen atoms in total. The van der Waals surface area contributed by atoms with Crippen molar-refractivity contribution >= 4 is 29.5 Å². The van der Waals surface area contributed by atoms with Crippen LogP contribution in [0.2, 0.25) is 0 Å². The van der Waals surface area contributed by atoms with Crippen molar-refractivity contribution in [1.82, 2.24) is 9.80 Å². The fourth-order valence-electron chi connectivity index (χ4n) is 7.02. The zero-order chi connectivity index (χ0) is 25.2. The number of β-amino-alcohol motifs (C(OH)–C–C–N with tert-alkyl or cyclic N) is 1. The number of likely N-dealkylation sites (tertiary alicyclic amines) is 1. The number of hydrogen-bond acceptors (Lipinski definition) is 6. The maximum atomic E-state index is 14.3. The number of allylic oxidation sites excluding steroid dienone is 1. The number of carbonyl (C=O) groups excluding carboxylic acids is 3. The lowest BCUT2D eigenvalue weighted by atomic mass is 9.66. The third-order valence-electron chi connectivity index (χ3n) is 8.51. The third kappa shape index (κ3) is 4.45. The Bertz CT molecular complexity index is 843. The normalized spacial score (nSPS) is 34.1. The number of hydrogen-bond donors (Lipinski definition) is 1. The molecule has 8 heteroatoms. The zero-order valence-corrected chi connectivity index (χ0v) is 21.7. The van der Waals surface area contributed by atoms with E-state index in [9.17, 15) is 19.5 Å². The molecule has 4 fully saturated rings. The van der Waals surface area contributed by atoms with Crippen LogP contribution in [-0.4, -0.2) is 81.1 Å². The fourth-order valence-corrected chi connectivity index (χ4v) is 9.42. The first-order chi connectivity index (χ1) is 16.9. The van der Waals surface area contributed by atoms with Gasteiger partial charge >= 0.3 is 5.97 Å². The lowest BCUT2D eigenvalue weighted by Crippen LogP contribution is -2.59. The molecule has 0 radical (unpaired) electrons. The molecule has 2 bridgehead atoms. The number of aliphatic hydroxyl groups excluding tert-OH is 1. The number of nitrogens with zero attached hydrogens (tertiary/aromatic N) is 2. The summed E-state index contributed by atoms with van der Waals surface area (Å²) >= 11 is 1.66. The van der Waals surface area contributed by atoms with Gasteiger partial charge in [-0.2, -0.15) is 0 Å². The molecule has 3 unspecified atom stereocenters. The van der Waals surface area contributed by atoms with Crippen molar-refractivity contribution in [2.24, 2.45) is 17.8 Å². The highest BCUT2D eigenvalue weighted by molar-refractivity contribution is 8.02. The molecule has 6 atom stereocenters. The Hall–Kier alpha value is -1.80. The van der Waals surface area contributed by atoms with Crippen molar-refractivity contribution in [2.75, 3.05) is 26.3 Å². The number of rotatable bonds is 11. The molecule has 4 rings (SSSR count). The summed E-state index contributed by atoms with van der Waals surface area (Å²) in [5, 5.41) is 9.80. The SMILES string of the molecule is C=CCCCOC(=O)[C@@H]1[C@H]2C(=O)N(CCO)C(C(=O)N(CC=C)C3CCCCC3)C23S[C@@H]1CC3C. The molecule has 0 aromatic carbocycles. The van der Waals surface area contributed by atoms with E-state index < -0.39 is 22.6 Å². The van der Waals surface area contributed by atoms with E-state index in [-0.39, 0.29) is 48.1 Å². The molecule has 3 aliphatic heterocycles. The number of fused-ring (bicyclic) bond motifs is 1. The Balaban J connectivity index is 1.66. The van der Waals surface area contributed by atoms with Gasteiger partial charge in [0.15, 0.2) is 0 Å². The predicted molar refractivity (Wildman–Crippen MR) is 137 cm³/mol. The molecular weight excluding hydrogens is 464 g/mol. The molecule has 4 aliphatic rings. The van der Waals surface area contributed by atoms with Crippen LogP contribution >= 0.6 is 11.8 Å². The van der Waals surface area contributed by atoms with Gasteiger partial charge in [0, 0.05) is 24.4 Å². The van der Waals surface area contributed by atoms with E-state index in [1.165, 1.54) is 6.42 Å². The van der Waals surface area contributed by atoms with Crippen LogP contribution in [0.1, 0.15) is 58.3 Å². The van der Waals surface area contributed by atoms with Gasteiger partial charge in [-0.15, -0.1) is 24.9 Å². The minimum absolute atomic E-state index is 0.0278. The molecule has 35 heavy (non-hydrogen) atoms. The molecule has 0 aromatic heterocycles. The van der Waals surface area contributed by atoms with E-state index in [2.05, 4.69) is 20.1 Å². The standard InChI is InChI=1S/C27H40N2O5S/c1-4-6-10-16-34-26(33)21-20-17-18(3)27(35-20)22(21)24(31)29(14-15-30)23(27)25(32)28(13-5-2)19-11-8-7-9-12-19/h4-5,18-23,30H,1-2,6-17H2,3H3/t18?,20-,21+,22+,23?,27?/m1/s1. The number of amides is 2. The van der Waals surface area contributed by atoms with Gasteiger partial charge < -0.3 is 19.6 Å². The largest absolute Gasteiger partial charge is 0.465 e. The van der Waals surface area contributed by atoms with Crippen LogP contribution in [0.15, 0.2) is 25.3 Å². The maximum absolute atomic E-state index is 14.3. The first-order valence-corrected chi connectivity index (χ1v) is 14.1. The number of carbonyl (C=O) groups is 3. The van der Waals surface area contributed by atoms with Crippen molar-refractivity contribution < 1.29 is 24.2 Å². The highest BCUT2D eigenvalue weighted by Crippen LogP contribution is 2.68. The molecule has 1 saturated carbocycles. The average Bonchev–Trinajstić information content (AvgIpc) is 3.44. The molecule has 0 aromatic rings. The second-order valence-electron chi connectivity index (χ2n) is 10.5. The zero-order valence-electron chi connectivity index (χ0n) is 20.9. The van der Waals surface area contributed by atoms with Crippen LogP contribution in [0, 0.1) is 17.8 Å². The Kier molecular flexibility index (Phi) is 8.31. The van der Waals surface area contributed by atoms with Gasteiger partial charge in [0.1, 0.15) is 6.04 Å². The number of unbranched alkanes of at least 4 members (excludes halogenated alkanes) is 1. The van der Waals surface area contributed by atoms with Crippen LogP contribution in [0.25, 0.3) is 0 Å². The number of esters is 1. The van der Waals surface area contributed by atoms with E-state index >= 15 is 0 Å². The Morgan fingerprint density at radius 3 is 2.66 bits per heavy atom. The van der Waals surface area contributed by atoms with Gasteiger partial charge in [0.2, 0.25) is 11.8 Å². The molecule has 194 valence electrons. The fraction of sp³-hybridized carbons (Fsp3) is 0.741. The topological polar surface area (TPSA) is 87.1 Å². The van der Waals surface area contributed by atoms with E-state index in [0.29, 0.717) is 19.6 Å². The van der Waals surface area contributed by atoms with Crippen LogP contribution in [-0.2, 0) is 19.1 Å². The molecule has 3 heterocycles. The van der Waals surface area contributed by atoms with E-state index in [0.717, 1.165) is 38.5 Å². The van der Waals surface area contributed by atoms with Gasteiger partial charge in [-0.1, -0.05) is 38.3 Å². The molecule has 1 N–H and O–H groups in total. The first kappa shape index (κ1) is 26.3. The van der Waals surface area contributed by atoms with Crippen LogP contribution in [0.3, 0.4) is 0 Å². The third-order valence-corrected chi connectivity index (χ3v) is 10.6. The van der Waals surface area contributed by atoms with Gasteiger partial charge in [0.25, 0.3) is 0 Å². The Labute approximate surface area is 213 Å². The minimum Gasteiger partial charge on any atom is -0.465 e. The Morgan fingerprint density at radius 1 is 1.26 bits per heavy atom. The Morgan fingerprint density at radius 2 is 2.00 bits per heavy atom. The molecule has 2 amide bonds. The summed E-state index contributed by atoms with van der Waals surface area (Å²) in [5.74, 6) is -1.60. The summed E-state index contributed by atoms with van der Waals surface area (Å²) in [4.78, 5) is 44.9. The summed E-state index contributed by atoms with van der Waals surface area (Å²) < 4.78 is 4.94. The summed E-state index contributed by atoms with van der Waals surface area (Å²) in [7, 11) is 0. The number of ether oxygens (including phenoxy) is 1. The van der Waals surface area contributed by atoms with E-state index in [1.807, 2.05) is 4.90 Å². The number of thioether (sulfide) groups is 1. The van der Waals surface area contributed by atoms with E-state index in [4.69, 9.17) is 4.74 Å². The summed E-state index contributed by atoms with van der Waals surface area (Å²) in [6.07, 6.45) is 11.1. The van der Waals surface area contributed by atoms with E-state index in [1.54, 1.807) is 28.8 Å². The summed E-state index contributed by atoms with van der Waals surface area (Å²) in [6.45, 7) is 10.3. The van der Waals surface area contributed by atoms with Crippen LogP contribution < -0.4 is 0 Å². The molecule has 3 saturated heterocycles. The smallest absolute Gasteiger partial charge is 0.310 e. The predicted octanol–water partition coefficient (Wildman–Crippen LogP) is 3.17. The van der Waals surface area contributed by atoms with Crippen molar-refractivity contribution in [3.8, 4) is 0 Å². The quantitative estimate of drug-likeness (QED) is 0.264. The van der Waals surface area contributed by atoms with Gasteiger partial charge in [0.05, 0.1) is 29.8 Å². The molecule has 1 spiro atoms. The van der Waals surface area contributed by atoms with Crippen LogP contribution in [0.4, 0.5) is 0 Å². The average molecular weight is 505 g/mol. The summed E-state index contributed by atoms with van der Waals surface area (Å²) in [5.41, 5.74) is 0. The van der Waals surface area contributed by atoms with Crippen molar-refractivity contribution in [1.29, 1.82) is 0 Å². The highest BCUT2D eigenvalue weighted by Gasteiger charge is 2.76. The van der Waals surface area contributed by atoms with Crippen molar-refractivity contribution in [3.05, 3.63) is 25.3 Å². The maximum Gasteiger partial charge on any atom is 0.310 e. The lowest BCUT2D eigenvalue weighted by molar-refractivity contribution is -0.154. The van der Waals surface area contributed by atoms with Crippen LogP contribution in [0.5, 0.6) is 0 Å². The molecule has 1 aliphatic carbocycles. The monoisotopic (exact) mass is 504 g/mol. The molecular formula is C27H40N2O5S. The first-order valence-electron chi connectivity index (χ1n) is 13.2.